The van der Waals surface area contributed by atoms with Gasteiger partial charge in [-0.05, 0) is 70.0 Å². The maximum Gasteiger partial charge on any atom is 0.330 e. The van der Waals surface area contributed by atoms with Gasteiger partial charge in [-0.3, -0.25) is 0 Å². The number of carbonyl (C=O) groups excluding carboxylic acids is 1. The van der Waals surface area contributed by atoms with E-state index in [-0.39, 0.29) is 29.5 Å². The van der Waals surface area contributed by atoms with Gasteiger partial charge in [0.25, 0.3) is 0 Å². The third-order valence-electron chi connectivity index (χ3n) is 8.69. The summed E-state index contributed by atoms with van der Waals surface area (Å²) in [6.07, 6.45) is 21.6. The molecule has 3 rings (SSSR count). The molecule has 0 aromatic rings. The Kier molecular flexibility index (Phi) is 13.3. The first kappa shape index (κ1) is 34.5. The molecular weight excluding hydrogens is 544 g/mol. The minimum atomic E-state index is -2.06. The largest absolute Gasteiger partial charge is 0.456 e. The summed E-state index contributed by atoms with van der Waals surface area (Å²) in [5.74, 6) is -0.478. The molecule has 0 aromatic carbocycles. The van der Waals surface area contributed by atoms with Gasteiger partial charge in [-0.15, -0.1) is 0 Å². The van der Waals surface area contributed by atoms with Gasteiger partial charge in [0.2, 0.25) is 0 Å². The van der Waals surface area contributed by atoms with Gasteiger partial charge in [-0.1, -0.05) is 87.1 Å². The molecule has 3 aliphatic heterocycles. The van der Waals surface area contributed by atoms with Crippen molar-refractivity contribution in [3.63, 3.8) is 0 Å². The fourth-order valence-electron chi connectivity index (χ4n) is 5.09. The highest BCUT2D eigenvalue weighted by Crippen LogP contribution is 2.38. The second-order valence-electron chi connectivity index (χ2n) is 13.5. The Morgan fingerprint density at radius 3 is 2.62 bits per heavy atom. The van der Waals surface area contributed by atoms with Crippen LogP contribution in [0.5, 0.6) is 0 Å². The Morgan fingerprint density at radius 2 is 1.88 bits per heavy atom. The van der Waals surface area contributed by atoms with Crippen LogP contribution in [0.15, 0.2) is 72.4 Å². The fourth-order valence-corrected chi connectivity index (χ4v) is 6.36. The zero-order valence-electron chi connectivity index (χ0n) is 26.7. The van der Waals surface area contributed by atoms with Crippen molar-refractivity contribution >= 4 is 14.3 Å². The fraction of sp³-hybridized carbons (Fsp3) is 0.629. The van der Waals surface area contributed by atoms with Crippen molar-refractivity contribution in [3.8, 4) is 0 Å². The Bertz CT molecular complexity index is 1050. The van der Waals surface area contributed by atoms with Crippen molar-refractivity contribution in [2.75, 3.05) is 6.61 Å². The summed E-state index contributed by atoms with van der Waals surface area (Å²) in [5, 5.41) is 11.2. The van der Waals surface area contributed by atoms with Crippen LogP contribution in [-0.4, -0.2) is 62.6 Å². The lowest BCUT2D eigenvalue weighted by Gasteiger charge is -2.39. The van der Waals surface area contributed by atoms with E-state index in [1.54, 1.807) is 12.2 Å². The van der Waals surface area contributed by atoms with E-state index in [0.29, 0.717) is 19.4 Å². The van der Waals surface area contributed by atoms with E-state index >= 15 is 0 Å². The molecule has 0 saturated carbocycles. The van der Waals surface area contributed by atoms with Crippen LogP contribution in [0.2, 0.25) is 18.1 Å². The first-order valence-electron chi connectivity index (χ1n) is 15.7. The van der Waals surface area contributed by atoms with Gasteiger partial charge in [-0.2, -0.15) is 0 Å². The van der Waals surface area contributed by atoms with Gasteiger partial charge in [0, 0.05) is 12.5 Å². The van der Waals surface area contributed by atoms with Gasteiger partial charge < -0.3 is 23.7 Å². The third-order valence-corrected chi connectivity index (χ3v) is 13.2. The topological polar surface area (TPSA) is 74.2 Å². The van der Waals surface area contributed by atoms with Crippen LogP contribution in [0.25, 0.3) is 0 Å². The lowest BCUT2D eigenvalue weighted by atomic mass is 9.99. The molecule has 6 nitrogen and oxygen atoms in total. The molecule has 7 heteroatoms. The summed E-state index contributed by atoms with van der Waals surface area (Å²) < 4.78 is 24.6. The standard InChI is InChI=1S/C35H54O6Si/c1-26-12-8-13-28-14-9-15-29(39-28)16-11-19-34(37)40-33(32(36)21-20-30-24-27(2)22-23-38-30)18-10-17-31(25-26)41-42(6,7)35(3,4)5/h9-11,15,17,19-22,28-33,36H,1,8,12-14,16,18,23-25H2,2-7H3/b17-10+,19-11-,21-20+/t28-,29+,30-,31-,32-,33+/m1/s1. The van der Waals surface area contributed by atoms with E-state index in [0.717, 1.165) is 44.1 Å². The highest BCUT2D eigenvalue weighted by Gasteiger charge is 2.38. The number of aliphatic hydroxyl groups excluding tert-OH is 1. The van der Waals surface area contributed by atoms with Crippen molar-refractivity contribution in [3.05, 3.63) is 72.4 Å². The molecule has 3 heterocycles. The van der Waals surface area contributed by atoms with E-state index in [9.17, 15) is 9.90 Å². The van der Waals surface area contributed by atoms with E-state index in [1.807, 2.05) is 12.2 Å². The van der Waals surface area contributed by atoms with Crippen LogP contribution in [0.4, 0.5) is 0 Å². The smallest absolute Gasteiger partial charge is 0.330 e. The monoisotopic (exact) mass is 598 g/mol. The number of hydrogen-bond acceptors (Lipinski definition) is 6. The molecule has 2 bridgehead atoms. The van der Waals surface area contributed by atoms with E-state index in [2.05, 4.69) is 71.7 Å². The molecule has 234 valence electrons. The van der Waals surface area contributed by atoms with Crippen molar-refractivity contribution < 1.29 is 28.5 Å². The van der Waals surface area contributed by atoms with Gasteiger partial charge in [-0.25, -0.2) is 4.79 Å². The van der Waals surface area contributed by atoms with Gasteiger partial charge in [0.05, 0.1) is 31.0 Å². The van der Waals surface area contributed by atoms with E-state index < -0.39 is 26.5 Å². The Labute approximate surface area is 255 Å². The summed E-state index contributed by atoms with van der Waals surface area (Å²) in [7, 11) is -2.06. The number of ether oxygens (including phenoxy) is 3. The first-order chi connectivity index (χ1) is 19.8. The van der Waals surface area contributed by atoms with Crippen molar-refractivity contribution in [1.82, 2.24) is 0 Å². The first-order valence-corrected chi connectivity index (χ1v) is 18.6. The van der Waals surface area contributed by atoms with Crippen LogP contribution < -0.4 is 0 Å². The number of fused-ring (bicyclic) bond motifs is 2. The second-order valence-corrected chi connectivity index (χ2v) is 18.3. The van der Waals surface area contributed by atoms with Gasteiger partial charge in [0.1, 0.15) is 12.2 Å². The van der Waals surface area contributed by atoms with E-state index in [4.69, 9.17) is 18.6 Å². The van der Waals surface area contributed by atoms with Crippen LogP contribution in [0.3, 0.4) is 0 Å². The predicted molar refractivity (Wildman–Crippen MR) is 173 cm³/mol. The van der Waals surface area contributed by atoms with Crippen LogP contribution in [0, 0.1) is 0 Å². The number of carbonyl (C=O) groups is 1. The molecule has 0 saturated heterocycles. The van der Waals surface area contributed by atoms with Crippen LogP contribution in [0.1, 0.15) is 79.1 Å². The number of rotatable bonds is 5. The average Bonchev–Trinajstić information content (AvgIpc) is 2.90. The van der Waals surface area contributed by atoms with Crippen molar-refractivity contribution in [1.29, 1.82) is 0 Å². The number of aliphatic hydroxyl groups is 1. The summed E-state index contributed by atoms with van der Waals surface area (Å²) in [5.41, 5.74) is 2.43. The van der Waals surface area contributed by atoms with Crippen molar-refractivity contribution in [2.45, 2.75) is 134 Å². The molecular formula is C35H54O6Si. The Hall–Kier alpha value is -2.03. The average molecular weight is 599 g/mol. The molecule has 0 aromatic heterocycles. The summed E-state index contributed by atoms with van der Waals surface area (Å²) in [4.78, 5) is 12.8. The second kappa shape index (κ2) is 16.2. The molecule has 0 aliphatic carbocycles. The molecule has 0 spiro atoms. The van der Waals surface area contributed by atoms with Crippen LogP contribution in [-0.2, 0) is 23.4 Å². The summed E-state index contributed by atoms with van der Waals surface area (Å²) in [6.45, 7) is 18.3. The number of cyclic esters (lactones) is 1. The number of hydrogen-bond donors (Lipinski definition) is 1. The maximum atomic E-state index is 12.8. The lowest BCUT2D eigenvalue weighted by Crippen LogP contribution is -2.43. The van der Waals surface area contributed by atoms with E-state index in [1.165, 1.54) is 11.6 Å². The normalized spacial score (nSPS) is 31.5. The highest BCUT2D eigenvalue weighted by molar-refractivity contribution is 6.74. The molecule has 0 fully saturated rings. The van der Waals surface area contributed by atoms with Crippen molar-refractivity contribution in [2.24, 2.45) is 0 Å². The zero-order chi connectivity index (χ0) is 30.8. The highest BCUT2D eigenvalue weighted by atomic mass is 28.4. The predicted octanol–water partition coefficient (Wildman–Crippen LogP) is 7.68. The minimum absolute atomic E-state index is 0.0579. The zero-order valence-corrected chi connectivity index (χ0v) is 27.7. The molecule has 3 aliphatic rings. The number of esters is 1. The molecule has 1 N–H and O–H groups in total. The van der Waals surface area contributed by atoms with Gasteiger partial charge in [0.15, 0.2) is 8.32 Å². The SMILES string of the molecule is C=C1CCC[C@@H]2CC=C[C@@H](C/C=C\C(=O)O[C@H]([C@H](O)/C=C/[C@@H]3CC(C)=CCO3)C/C=C/[C@@H](O[Si](C)(C)C(C)(C)C)C1)O2. The van der Waals surface area contributed by atoms with Crippen LogP contribution >= 0.6 is 0 Å². The Balaban J connectivity index is 1.81. The van der Waals surface area contributed by atoms with Gasteiger partial charge >= 0.3 is 5.97 Å². The summed E-state index contributed by atoms with van der Waals surface area (Å²) in [6, 6.07) is 0. The Morgan fingerprint density at radius 1 is 1.12 bits per heavy atom. The lowest BCUT2D eigenvalue weighted by molar-refractivity contribution is -0.147. The molecule has 0 radical (unpaired) electrons. The minimum Gasteiger partial charge on any atom is -0.456 e. The maximum absolute atomic E-state index is 12.8. The quantitative estimate of drug-likeness (QED) is 0.199. The third kappa shape index (κ3) is 11.6. The summed E-state index contributed by atoms with van der Waals surface area (Å²) >= 11 is 0. The molecule has 0 unspecified atom stereocenters. The molecule has 6 atom stereocenters. The molecule has 42 heavy (non-hydrogen) atoms. The molecule has 0 amide bonds.